The maximum atomic E-state index is 13.1. The van der Waals surface area contributed by atoms with Crippen molar-refractivity contribution in [2.24, 2.45) is 0 Å². The number of rotatable bonds is 12. The SMILES string of the molecule is C=CC(=O)OCCCN(CCCOC(=O)C=C)c1ccc(C=C2CS(=O)(=O)c3ccccc3C2=C(C#N)C#N)c(C)c1. The molecule has 0 amide bonds. The van der Waals surface area contributed by atoms with E-state index in [1.165, 1.54) is 6.07 Å². The Morgan fingerprint density at radius 3 is 2.12 bits per heavy atom. The van der Waals surface area contributed by atoms with Gasteiger partial charge in [-0.25, -0.2) is 18.0 Å². The lowest BCUT2D eigenvalue weighted by Crippen LogP contribution is -2.28. The second kappa shape index (κ2) is 14.6. The first-order valence-electron chi connectivity index (χ1n) is 13.2. The fourth-order valence-electron chi connectivity index (χ4n) is 4.57. The molecule has 0 bridgehead atoms. The van der Waals surface area contributed by atoms with E-state index in [2.05, 4.69) is 18.1 Å². The molecule has 0 atom stereocenters. The minimum Gasteiger partial charge on any atom is -0.462 e. The van der Waals surface area contributed by atoms with E-state index in [9.17, 15) is 28.5 Å². The van der Waals surface area contributed by atoms with Crippen LogP contribution in [0, 0.1) is 29.6 Å². The van der Waals surface area contributed by atoms with Crippen LogP contribution >= 0.6 is 0 Å². The van der Waals surface area contributed by atoms with Gasteiger partial charge in [0.25, 0.3) is 0 Å². The number of allylic oxidation sites excluding steroid dienone is 2. The van der Waals surface area contributed by atoms with Gasteiger partial charge in [-0.1, -0.05) is 37.4 Å². The third kappa shape index (κ3) is 7.84. The van der Waals surface area contributed by atoms with Gasteiger partial charge in [0, 0.05) is 42.1 Å². The Hall–Kier alpha value is -4.93. The smallest absolute Gasteiger partial charge is 0.330 e. The number of sulfone groups is 1. The molecule has 0 fully saturated rings. The van der Waals surface area contributed by atoms with Crippen LogP contribution in [0.5, 0.6) is 0 Å². The Labute approximate surface area is 246 Å². The van der Waals surface area contributed by atoms with Gasteiger partial charge in [-0.05, 0) is 60.7 Å². The van der Waals surface area contributed by atoms with Crippen molar-refractivity contribution >= 4 is 39.1 Å². The van der Waals surface area contributed by atoms with E-state index in [-0.39, 0.29) is 29.4 Å². The first-order chi connectivity index (χ1) is 20.1. The van der Waals surface area contributed by atoms with Gasteiger partial charge >= 0.3 is 11.9 Å². The van der Waals surface area contributed by atoms with E-state index in [0.29, 0.717) is 42.6 Å². The third-order valence-electron chi connectivity index (χ3n) is 6.55. The summed E-state index contributed by atoms with van der Waals surface area (Å²) in [5.41, 5.74) is 3.31. The van der Waals surface area contributed by atoms with Crippen LogP contribution in [0.2, 0.25) is 0 Å². The molecule has 0 saturated carbocycles. The highest BCUT2D eigenvalue weighted by molar-refractivity contribution is 7.91. The van der Waals surface area contributed by atoms with Crippen molar-refractivity contribution in [1.82, 2.24) is 0 Å². The average Bonchev–Trinajstić information content (AvgIpc) is 2.98. The van der Waals surface area contributed by atoms with Gasteiger partial charge in [-0.3, -0.25) is 0 Å². The van der Waals surface area contributed by atoms with E-state index in [1.54, 1.807) is 24.3 Å². The van der Waals surface area contributed by atoms with Gasteiger partial charge < -0.3 is 14.4 Å². The van der Waals surface area contributed by atoms with Crippen LogP contribution in [0.25, 0.3) is 11.6 Å². The summed E-state index contributed by atoms with van der Waals surface area (Å²) in [6, 6.07) is 15.9. The van der Waals surface area contributed by atoms with Crippen molar-refractivity contribution in [3.63, 3.8) is 0 Å². The predicted molar refractivity (Wildman–Crippen MR) is 160 cm³/mol. The van der Waals surface area contributed by atoms with Crippen molar-refractivity contribution in [2.45, 2.75) is 24.7 Å². The van der Waals surface area contributed by atoms with E-state index in [0.717, 1.165) is 29.0 Å². The Morgan fingerprint density at radius 1 is 0.976 bits per heavy atom. The number of nitriles is 2. The number of fused-ring (bicyclic) bond motifs is 1. The maximum absolute atomic E-state index is 13.1. The quantitative estimate of drug-likeness (QED) is 0.150. The summed E-state index contributed by atoms with van der Waals surface area (Å²) < 4.78 is 36.4. The number of carbonyl (C=O) groups excluding carboxylic acids is 2. The molecule has 9 nitrogen and oxygen atoms in total. The van der Waals surface area contributed by atoms with Crippen LogP contribution in [-0.2, 0) is 28.9 Å². The largest absolute Gasteiger partial charge is 0.462 e. The molecule has 1 heterocycles. The van der Waals surface area contributed by atoms with Gasteiger partial charge in [0.2, 0.25) is 0 Å². The zero-order valence-corrected chi connectivity index (χ0v) is 24.2. The molecule has 0 aromatic heterocycles. The van der Waals surface area contributed by atoms with Crippen LogP contribution in [-0.4, -0.2) is 52.4 Å². The lowest BCUT2D eigenvalue weighted by atomic mass is 9.92. The fraction of sp³-hybridized carbons (Fsp3) is 0.250. The number of hydrogen-bond donors (Lipinski definition) is 0. The molecule has 2 aromatic carbocycles. The molecule has 3 rings (SSSR count). The zero-order chi connectivity index (χ0) is 30.7. The minimum atomic E-state index is -3.68. The Kier molecular flexibility index (Phi) is 11.0. The summed E-state index contributed by atoms with van der Waals surface area (Å²) in [5.74, 6) is -1.34. The fourth-order valence-corrected chi connectivity index (χ4v) is 6.15. The first kappa shape index (κ1) is 31.6. The number of ether oxygens (including phenoxy) is 2. The number of nitrogens with zero attached hydrogens (tertiary/aromatic N) is 3. The number of esters is 2. The summed E-state index contributed by atoms with van der Waals surface area (Å²) in [7, 11) is -3.68. The van der Waals surface area contributed by atoms with Gasteiger partial charge in [-0.2, -0.15) is 10.5 Å². The van der Waals surface area contributed by atoms with Crippen LogP contribution in [0.15, 0.2) is 83.8 Å². The number of benzene rings is 2. The molecule has 0 spiro atoms. The van der Waals surface area contributed by atoms with Gasteiger partial charge in [0.15, 0.2) is 9.84 Å². The molecular formula is C32H31N3O6S. The van der Waals surface area contributed by atoms with Crippen LogP contribution < -0.4 is 4.90 Å². The first-order valence-corrected chi connectivity index (χ1v) is 14.8. The molecule has 0 N–H and O–H groups in total. The molecule has 2 aromatic rings. The molecule has 1 aliphatic rings. The normalized spacial score (nSPS) is 14.1. The number of hydrogen-bond acceptors (Lipinski definition) is 9. The van der Waals surface area contributed by atoms with E-state index in [1.807, 2.05) is 37.3 Å². The molecule has 10 heteroatoms. The highest BCUT2D eigenvalue weighted by atomic mass is 32.2. The summed E-state index contributed by atoms with van der Waals surface area (Å²) in [6.45, 7) is 10.2. The number of carbonyl (C=O) groups is 2. The molecule has 0 radical (unpaired) electrons. The second-order valence-corrected chi connectivity index (χ2v) is 11.3. The summed E-state index contributed by atoms with van der Waals surface area (Å²) in [5, 5.41) is 19.3. The van der Waals surface area contributed by atoms with Crippen molar-refractivity contribution in [1.29, 1.82) is 10.5 Å². The van der Waals surface area contributed by atoms with Crippen molar-refractivity contribution in [2.75, 3.05) is 37.0 Å². The molecule has 0 unspecified atom stereocenters. The second-order valence-electron chi connectivity index (χ2n) is 9.38. The lowest BCUT2D eigenvalue weighted by Gasteiger charge is -2.26. The van der Waals surface area contributed by atoms with Crippen LogP contribution in [0.1, 0.15) is 29.5 Å². The highest BCUT2D eigenvalue weighted by Gasteiger charge is 2.32. The number of aryl methyl sites for hydroxylation is 1. The molecule has 0 aliphatic carbocycles. The van der Waals surface area contributed by atoms with E-state index in [4.69, 9.17) is 9.47 Å². The van der Waals surface area contributed by atoms with Crippen molar-refractivity contribution < 1.29 is 27.5 Å². The monoisotopic (exact) mass is 585 g/mol. The van der Waals surface area contributed by atoms with Crippen molar-refractivity contribution in [3.05, 3.63) is 95.6 Å². The Morgan fingerprint density at radius 2 is 1.57 bits per heavy atom. The molecular weight excluding hydrogens is 554 g/mol. The van der Waals surface area contributed by atoms with E-state index >= 15 is 0 Å². The summed E-state index contributed by atoms with van der Waals surface area (Å²) in [6.07, 6.45) is 5.02. The van der Waals surface area contributed by atoms with Gasteiger partial charge in [-0.15, -0.1) is 0 Å². The maximum Gasteiger partial charge on any atom is 0.330 e. The lowest BCUT2D eigenvalue weighted by molar-refractivity contribution is -0.138. The molecule has 0 saturated heterocycles. The predicted octanol–water partition coefficient (Wildman–Crippen LogP) is 4.71. The average molecular weight is 586 g/mol. The number of anilines is 1. The van der Waals surface area contributed by atoms with Crippen LogP contribution in [0.3, 0.4) is 0 Å². The summed E-state index contributed by atoms with van der Waals surface area (Å²) in [4.78, 5) is 25.0. The van der Waals surface area contributed by atoms with E-state index < -0.39 is 21.8 Å². The molecule has 42 heavy (non-hydrogen) atoms. The standard InChI is InChI=1S/C32H31N3O6S/c1-4-30(36)40-16-8-14-35(15-9-17-41-31(37)5-2)27-13-12-24(23(3)18-27)19-25-22-42(38,39)29-11-7-6-10-28(29)32(25)26(20-33)21-34/h4-7,10-13,18-19H,1-2,8-9,14-17,22H2,3H3. The van der Waals surface area contributed by atoms with Gasteiger partial charge in [0.05, 0.1) is 23.9 Å². The zero-order valence-electron chi connectivity index (χ0n) is 23.3. The van der Waals surface area contributed by atoms with Crippen LogP contribution in [0.4, 0.5) is 5.69 Å². The Balaban J connectivity index is 1.94. The summed E-state index contributed by atoms with van der Waals surface area (Å²) >= 11 is 0. The minimum absolute atomic E-state index is 0.0976. The van der Waals surface area contributed by atoms with Crippen molar-refractivity contribution in [3.8, 4) is 12.1 Å². The van der Waals surface area contributed by atoms with Gasteiger partial charge in [0.1, 0.15) is 17.7 Å². The molecule has 1 aliphatic heterocycles. The third-order valence-corrected chi connectivity index (χ3v) is 8.26. The topological polar surface area (TPSA) is 138 Å². The highest BCUT2D eigenvalue weighted by Crippen LogP contribution is 2.39. The Bertz CT molecular complexity index is 1600. The molecule has 216 valence electrons.